The maximum absolute atomic E-state index is 13.2. The number of nitrogens with one attached hydrogen (secondary N) is 2. The molecule has 3 unspecified atom stereocenters. The van der Waals surface area contributed by atoms with Gasteiger partial charge in [0.25, 0.3) is 5.91 Å². The molecule has 136 valence electrons. The number of hydrogen-bond acceptors (Lipinski definition) is 5. The maximum Gasteiger partial charge on any atom is 0.260 e. The lowest BCUT2D eigenvalue weighted by Crippen LogP contribution is -2.49. The molecule has 3 atom stereocenters. The minimum absolute atomic E-state index is 0.00511. The molecule has 6 nitrogen and oxygen atoms in total. The second-order valence-corrected chi connectivity index (χ2v) is 6.69. The van der Waals surface area contributed by atoms with E-state index in [1.54, 1.807) is 36.7 Å². The van der Waals surface area contributed by atoms with Crippen LogP contribution in [-0.4, -0.2) is 41.5 Å². The number of carbonyl (C=O) groups excluding carboxylic acids is 1. The standard InChI is InChI=1S/C19H21FN4O2/c20-14-5-3-13(4-6-14)19-16-11-24(9-7-17(16)22-23-19)18(25)12-26-15-2-1-8-21-10-15/h1-6,8,10,16-17,19,22-23H,7,9,11-12H2. The van der Waals surface area contributed by atoms with Crippen molar-refractivity contribution >= 4 is 5.91 Å². The van der Waals surface area contributed by atoms with Gasteiger partial charge in [0, 0.05) is 31.2 Å². The number of halogens is 1. The molecule has 0 bridgehead atoms. The highest BCUT2D eigenvalue weighted by atomic mass is 19.1. The molecule has 1 amide bonds. The Labute approximate surface area is 151 Å². The van der Waals surface area contributed by atoms with Crippen molar-refractivity contribution in [3.05, 3.63) is 60.2 Å². The summed E-state index contributed by atoms with van der Waals surface area (Å²) in [5.41, 5.74) is 7.64. The molecule has 2 saturated heterocycles. The summed E-state index contributed by atoms with van der Waals surface area (Å²) >= 11 is 0. The van der Waals surface area contributed by atoms with E-state index in [2.05, 4.69) is 15.8 Å². The number of ether oxygens (including phenoxy) is 1. The van der Waals surface area contributed by atoms with Gasteiger partial charge in [0.2, 0.25) is 0 Å². The van der Waals surface area contributed by atoms with Gasteiger partial charge in [-0.15, -0.1) is 0 Å². The van der Waals surface area contributed by atoms with Gasteiger partial charge in [-0.2, -0.15) is 0 Å². The number of benzene rings is 1. The van der Waals surface area contributed by atoms with Gasteiger partial charge >= 0.3 is 0 Å². The lowest BCUT2D eigenvalue weighted by molar-refractivity contribution is -0.135. The molecular formula is C19H21FN4O2. The fourth-order valence-corrected chi connectivity index (χ4v) is 3.70. The number of carbonyl (C=O) groups is 1. The van der Waals surface area contributed by atoms with Crippen LogP contribution in [0, 0.1) is 11.7 Å². The Hall–Kier alpha value is -2.51. The van der Waals surface area contributed by atoms with Gasteiger partial charge in [0.05, 0.1) is 12.2 Å². The Morgan fingerprint density at radius 3 is 2.88 bits per heavy atom. The molecule has 26 heavy (non-hydrogen) atoms. The van der Waals surface area contributed by atoms with Gasteiger partial charge < -0.3 is 9.64 Å². The third-order valence-electron chi connectivity index (χ3n) is 5.09. The largest absolute Gasteiger partial charge is 0.482 e. The summed E-state index contributed by atoms with van der Waals surface area (Å²) in [5.74, 6) is 0.544. The zero-order valence-corrected chi connectivity index (χ0v) is 14.3. The van der Waals surface area contributed by atoms with Crippen LogP contribution in [0.1, 0.15) is 18.0 Å². The van der Waals surface area contributed by atoms with Crippen LogP contribution in [0.2, 0.25) is 0 Å². The first-order chi connectivity index (χ1) is 12.7. The Morgan fingerprint density at radius 2 is 2.12 bits per heavy atom. The Kier molecular flexibility index (Phi) is 4.81. The molecule has 2 N–H and O–H groups in total. The second-order valence-electron chi connectivity index (χ2n) is 6.69. The fraction of sp³-hybridized carbons (Fsp3) is 0.368. The molecule has 1 aromatic heterocycles. The van der Waals surface area contributed by atoms with Crippen molar-refractivity contribution in [3.8, 4) is 5.75 Å². The molecule has 4 rings (SSSR count). The predicted octanol–water partition coefficient (Wildman–Crippen LogP) is 1.67. The summed E-state index contributed by atoms with van der Waals surface area (Å²) in [6.45, 7) is 1.34. The Morgan fingerprint density at radius 1 is 1.27 bits per heavy atom. The summed E-state index contributed by atoms with van der Waals surface area (Å²) in [6, 6.07) is 10.4. The molecule has 0 saturated carbocycles. The van der Waals surface area contributed by atoms with Crippen molar-refractivity contribution in [2.75, 3.05) is 19.7 Å². The van der Waals surface area contributed by atoms with Crippen LogP contribution in [0.4, 0.5) is 4.39 Å². The highest BCUT2D eigenvalue weighted by Crippen LogP contribution is 2.33. The van der Waals surface area contributed by atoms with E-state index in [9.17, 15) is 9.18 Å². The third-order valence-corrected chi connectivity index (χ3v) is 5.09. The number of nitrogens with zero attached hydrogens (tertiary/aromatic N) is 2. The van der Waals surface area contributed by atoms with E-state index in [4.69, 9.17) is 4.74 Å². The van der Waals surface area contributed by atoms with E-state index in [0.29, 0.717) is 24.9 Å². The topological polar surface area (TPSA) is 66.5 Å². The van der Waals surface area contributed by atoms with Crippen molar-refractivity contribution in [2.45, 2.75) is 18.5 Å². The molecule has 1 aromatic carbocycles. The molecule has 3 heterocycles. The lowest BCUT2D eigenvalue weighted by atomic mass is 9.85. The number of rotatable bonds is 4. The minimum atomic E-state index is -0.246. The maximum atomic E-state index is 13.2. The molecule has 2 aromatic rings. The van der Waals surface area contributed by atoms with E-state index >= 15 is 0 Å². The van der Waals surface area contributed by atoms with Crippen LogP contribution in [0.15, 0.2) is 48.8 Å². The van der Waals surface area contributed by atoms with Gasteiger partial charge in [-0.25, -0.2) is 9.82 Å². The molecule has 2 aliphatic rings. The van der Waals surface area contributed by atoms with Crippen molar-refractivity contribution in [1.29, 1.82) is 0 Å². The van der Waals surface area contributed by atoms with Crippen LogP contribution >= 0.6 is 0 Å². The summed E-state index contributed by atoms with van der Waals surface area (Å²) in [5, 5.41) is 0. The number of fused-ring (bicyclic) bond motifs is 1. The number of piperidine rings is 1. The fourth-order valence-electron chi connectivity index (χ4n) is 3.70. The minimum Gasteiger partial charge on any atom is -0.482 e. The summed E-state index contributed by atoms with van der Waals surface area (Å²) < 4.78 is 18.7. The van der Waals surface area contributed by atoms with Gasteiger partial charge in [-0.3, -0.25) is 15.2 Å². The zero-order valence-electron chi connectivity index (χ0n) is 14.3. The van der Waals surface area contributed by atoms with E-state index in [0.717, 1.165) is 12.0 Å². The third kappa shape index (κ3) is 3.54. The van der Waals surface area contributed by atoms with E-state index < -0.39 is 0 Å². The van der Waals surface area contributed by atoms with Crippen LogP contribution in [0.3, 0.4) is 0 Å². The van der Waals surface area contributed by atoms with Crippen molar-refractivity contribution < 1.29 is 13.9 Å². The smallest absolute Gasteiger partial charge is 0.260 e. The van der Waals surface area contributed by atoms with Crippen LogP contribution in [0.25, 0.3) is 0 Å². The van der Waals surface area contributed by atoms with Gasteiger partial charge in [-0.1, -0.05) is 12.1 Å². The first-order valence-corrected chi connectivity index (χ1v) is 8.78. The number of amides is 1. The van der Waals surface area contributed by atoms with Gasteiger partial charge in [0.1, 0.15) is 11.6 Å². The van der Waals surface area contributed by atoms with Crippen molar-refractivity contribution in [2.24, 2.45) is 5.92 Å². The quantitative estimate of drug-likeness (QED) is 0.872. The lowest BCUT2D eigenvalue weighted by Gasteiger charge is -2.36. The number of likely N-dealkylation sites (tertiary alicyclic amines) is 1. The van der Waals surface area contributed by atoms with E-state index in [-0.39, 0.29) is 30.3 Å². The molecule has 0 spiro atoms. The molecule has 2 aliphatic heterocycles. The zero-order chi connectivity index (χ0) is 17.9. The molecular weight excluding hydrogens is 335 g/mol. The van der Waals surface area contributed by atoms with E-state index in [1.165, 1.54) is 12.1 Å². The van der Waals surface area contributed by atoms with E-state index in [1.807, 2.05) is 4.90 Å². The number of hydrazine groups is 1. The SMILES string of the molecule is O=C(COc1cccnc1)N1CCC2NNC(c3ccc(F)cc3)C2C1. The van der Waals surface area contributed by atoms with Crippen molar-refractivity contribution in [1.82, 2.24) is 20.7 Å². The first kappa shape index (κ1) is 16.9. The molecule has 7 heteroatoms. The number of aromatic nitrogens is 1. The monoisotopic (exact) mass is 356 g/mol. The Bertz CT molecular complexity index is 756. The van der Waals surface area contributed by atoms with Gasteiger partial charge in [0.15, 0.2) is 6.61 Å². The van der Waals surface area contributed by atoms with Crippen LogP contribution in [-0.2, 0) is 4.79 Å². The van der Waals surface area contributed by atoms with Crippen LogP contribution < -0.4 is 15.6 Å². The Balaban J connectivity index is 1.39. The summed E-state index contributed by atoms with van der Waals surface area (Å²) in [6.07, 6.45) is 4.12. The highest BCUT2D eigenvalue weighted by molar-refractivity contribution is 5.78. The highest BCUT2D eigenvalue weighted by Gasteiger charge is 2.41. The second kappa shape index (κ2) is 7.39. The molecule has 0 aliphatic carbocycles. The van der Waals surface area contributed by atoms with Crippen LogP contribution in [0.5, 0.6) is 5.75 Å². The first-order valence-electron chi connectivity index (χ1n) is 8.78. The normalized spacial score (nSPS) is 25.0. The predicted molar refractivity (Wildman–Crippen MR) is 93.6 cm³/mol. The molecule has 0 radical (unpaired) electrons. The average Bonchev–Trinajstić information content (AvgIpc) is 3.11. The summed E-state index contributed by atoms with van der Waals surface area (Å²) in [7, 11) is 0. The molecule has 2 fully saturated rings. The summed E-state index contributed by atoms with van der Waals surface area (Å²) in [4.78, 5) is 18.4. The number of pyridine rings is 1. The van der Waals surface area contributed by atoms with Crippen molar-refractivity contribution in [3.63, 3.8) is 0 Å². The van der Waals surface area contributed by atoms with Gasteiger partial charge in [-0.05, 0) is 36.2 Å². The number of hydrogen-bond donors (Lipinski definition) is 2. The average molecular weight is 356 g/mol.